The Bertz CT molecular complexity index is 512. The molecule has 1 aliphatic rings. The van der Waals surface area contributed by atoms with Gasteiger partial charge in [-0.2, -0.15) is 0 Å². The molecule has 1 heterocycles. The Hall–Kier alpha value is -1.50. The zero-order valence-electron chi connectivity index (χ0n) is 17.2. The SMILES string of the molecule is CC(C)(C)OC(=O)NCCOCCCCC(=O)NC1C(O)OC(CO)[C@@H](O)[C@@H]1O. The molecule has 2 amide bonds. The molecular weight excluding hydrogens is 388 g/mol. The molecule has 0 saturated carbocycles. The number of amides is 2. The van der Waals surface area contributed by atoms with Gasteiger partial charge in [-0.25, -0.2) is 4.79 Å². The molecular formula is C18H34N2O9. The zero-order chi connectivity index (χ0) is 22.0. The number of carbonyl (C=O) groups is 2. The zero-order valence-corrected chi connectivity index (χ0v) is 17.2. The van der Waals surface area contributed by atoms with E-state index < -0.39 is 54.9 Å². The highest BCUT2D eigenvalue weighted by Gasteiger charge is 2.44. The van der Waals surface area contributed by atoms with Crippen LogP contribution in [0.25, 0.3) is 0 Å². The first-order valence-corrected chi connectivity index (χ1v) is 9.69. The van der Waals surface area contributed by atoms with Gasteiger partial charge in [0.2, 0.25) is 5.91 Å². The highest BCUT2D eigenvalue weighted by Crippen LogP contribution is 2.19. The molecule has 0 aromatic heterocycles. The lowest BCUT2D eigenvalue weighted by molar-refractivity contribution is -0.253. The fraction of sp³-hybridized carbons (Fsp3) is 0.889. The molecule has 0 aromatic carbocycles. The first-order valence-electron chi connectivity index (χ1n) is 9.69. The van der Waals surface area contributed by atoms with Gasteiger partial charge in [0.25, 0.3) is 0 Å². The maximum absolute atomic E-state index is 12.0. The van der Waals surface area contributed by atoms with Crippen LogP contribution >= 0.6 is 0 Å². The van der Waals surface area contributed by atoms with Crippen LogP contribution in [0.15, 0.2) is 0 Å². The van der Waals surface area contributed by atoms with Gasteiger partial charge in [0, 0.05) is 19.6 Å². The van der Waals surface area contributed by atoms with E-state index in [0.717, 1.165) is 0 Å². The van der Waals surface area contributed by atoms with Crippen LogP contribution in [-0.2, 0) is 19.0 Å². The molecule has 29 heavy (non-hydrogen) atoms. The van der Waals surface area contributed by atoms with Crippen LogP contribution in [0.4, 0.5) is 4.79 Å². The number of nitrogens with one attached hydrogen (secondary N) is 2. The highest BCUT2D eigenvalue weighted by molar-refractivity contribution is 5.76. The maximum Gasteiger partial charge on any atom is 0.407 e. The predicted octanol–water partition coefficient (Wildman–Crippen LogP) is -1.39. The summed E-state index contributed by atoms with van der Waals surface area (Å²) in [5.74, 6) is -0.419. The monoisotopic (exact) mass is 422 g/mol. The van der Waals surface area contributed by atoms with Crippen molar-refractivity contribution in [2.75, 3.05) is 26.4 Å². The molecule has 1 rings (SSSR count). The van der Waals surface area contributed by atoms with Gasteiger partial charge in [0.1, 0.15) is 30.0 Å². The van der Waals surface area contributed by atoms with Gasteiger partial charge in [0.05, 0.1) is 13.2 Å². The number of hydrogen-bond donors (Lipinski definition) is 6. The van der Waals surface area contributed by atoms with Crippen molar-refractivity contribution in [2.45, 2.75) is 76.3 Å². The summed E-state index contributed by atoms with van der Waals surface area (Å²) in [6, 6.07) is -1.18. The third-order valence-corrected chi connectivity index (χ3v) is 4.08. The quantitative estimate of drug-likeness (QED) is 0.232. The van der Waals surface area contributed by atoms with Crippen LogP contribution in [0.2, 0.25) is 0 Å². The summed E-state index contributed by atoms with van der Waals surface area (Å²) in [6.45, 7) is 5.78. The maximum atomic E-state index is 12.0. The number of unbranched alkanes of at least 4 members (excludes halogenated alkanes) is 1. The van der Waals surface area contributed by atoms with Crippen molar-refractivity contribution in [1.29, 1.82) is 0 Å². The second-order valence-electron chi connectivity index (χ2n) is 7.82. The topological polar surface area (TPSA) is 167 Å². The van der Waals surface area contributed by atoms with E-state index in [4.69, 9.17) is 19.3 Å². The molecule has 0 aliphatic carbocycles. The Balaban J connectivity index is 2.12. The minimum Gasteiger partial charge on any atom is -0.444 e. The summed E-state index contributed by atoms with van der Waals surface area (Å²) < 4.78 is 15.4. The minimum absolute atomic E-state index is 0.134. The molecule has 1 aliphatic heterocycles. The molecule has 11 nitrogen and oxygen atoms in total. The first kappa shape index (κ1) is 25.5. The van der Waals surface area contributed by atoms with E-state index in [2.05, 4.69) is 10.6 Å². The molecule has 6 N–H and O–H groups in total. The second kappa shape index (κ2) is 12.3. The van der Waals surface area contributed by atoms with Crippen molar-refractivity contribution in [2.24, 2.45) is 0 Å². The van der Waals surface area contributed by atoms with Crippen LogP contribution in [0.3, 0.4) is 0 Å². The molecule has 0 bridgehead atoms. The lowest BCUT2D eigenvalue weighted by atomic mass is 9.97. The fourth-order valence-corrected chi connectivity index (χ4v) is 2.64. The van der Waals surface area contributed by atoms with Crippen LogP contribution in [-0.4, -0.2) is 95.0 Å². The molecule has 0 radical (unpaired) electrons. The Kier molecular flexibility index (Phi) is 10.8. The highest BCUT2D eigenvalue weighted by atomic mass is 16.6. The Morgan fingerprint density at radius 3 is 2.38 bits per heavy atom. The minimum atomic E-state index is -1.53. The summed E-state index contributed by atoms with van der Waals surface area (Å²) in [5, 5.41) is 43.6. The summed E-state index contributed by atoms with van der Waals surface area (Å²) in [5.41, 5.74) is -0.556. The van der Waals surface area contributed by atoms with Gasteiger partial charge >= 0.3 is 6.09 Å². The summed E-state index contributed by atoms with van der Waals surface area (Å²) in [7, 11) is 0. The standard InChI is InChI=1S/C18H34N2O9/c1-18(2,3)29-17(26)19-7-9-27-8-5-4-6-12(22)20-13-15(24)14(23)11(10-21)28-16(13)25/h11,13-16,21,23-25H,4-10H2,1-3H3,(H,19,26)(H,20,22)/t11?,13?,14-,15-,16?/m1/s1. The third kappa shape index (κ3) is 9.70. The Labute approximate surface area is 170 Å². The second-order valence-corrected chi connectivity index (χ2v) is 7.82. The number of aliphatic hydroxyl groups excluding tert-OH is 4. The normalized spacial score (nSPS) is 27.3. The summed E-state index contributed by atoms with van der Waals surface area (Å²) >= 11 is 0. The number of alkyl carbamates (subject to hydrolysis) is 1. The molecule has 1 fully saturated rings. The van der Waals surface area contributed by atoms with Crippen molar-refractivity contribution in [3.8, 4) is 0 Å². The Morgan fingerprint density at radius 2 is 1.76 bits per heavy atom. The van der Waals surface area contributed by atoms with E-state index in [0.29, 0.717) is 32.6 Å². The fourth-order valence-electron chi connectivity index (χ4n) is 2.64. The molecule has 11 heteroatoms. The van der Waals surface area contributed by atoms with Crippen molar-refractivity contribution in [3.63, 3.8) is 0 Å². The molecule has 0 spiro atoms. The lowest BCUT2D eigenvalue weighted by Crippen LogP contribution is -2.64. The van der Waals surface area contributed by atoms with Gasteiger partial charge in [-0.15, -0.1) is 0 Å². The average molecular weight is 422 g/mol. The van der Waals surface area contributed by atoms with Gasteiger partial charge < -0.3 is 45.3 Å². The van der Waals surface area contributed by atoms with Gasteiger partial charge in [-0.1, -0.05) is 0 Å². The smallest absolute Gasteiger partial charge is 0.407 e. The number of ether oxygens (including phenoxy) is 3. The summed E-state index contributed by atoms with van der Waals surface area (Å²) in [4.78, 5) is 23.4. The predicted molar refractivity (Wildman–Crippen MR) is 101 cm³/mol. The Morgan fingerprint density at radius 1 is 1.07 bits per heavy atom. The van der Waals surface area contributed by atoms with Gasteiger partial charge in [-0.3, -0.25) is 4.79 Å². The van der Waals surface area contributed by atoms with Crippen molar-refractivity contribution < 1.29 is 44.2 Å². The number of rotatable bonds is 10. The van der Waals surface area contributed by atoms with E-state index in [1.807, 2.05) is 0 Å². The lowest BCUT2D eigenvalue weighted by Gasteiger charge is -2.40. The van der Waals surface area contributed by atoms with E-state index in [9.17, 15) is 24.9 Å². The van der Waals surface area contributed by atoms with Crippen LogP contribution < -0.4 is 10.6 Å². The van der Waals surface area contributed by atoms with Crippen molar-refractivity contribution in [1.82, 2.24) is 10.6 Å². The number of aliphatic hydroxyl groups is 4. The van der Waals surface area contributed by atoms with E-state index in [1.165, 1.54) is 0 Å². The van der Waals surface area contributed by atoms with Crippen molar-refractivity contribution >= 4 is 12.0 Å². The molecule has 170 valence electrons. The average Bonchev–Trinajstić information content (AvgIpc) is 2.62. The third-order valence-electron chi connectivity index (χ3n) is 4.08. The van der Waals surface area contributed by atoms with Gasteiger partial charge in [-0.05, 0) is 33.6 Å². The number of hydrogen-bond acceptors (Lipinski definition) is 9. The first-order chi connectivity index (χ1) is 13.5. The van der Waals surface area contributed by atoms with Crippen LogP contribution in [0.1, 0.15) is 40.0 Å². The largest absolute Gasteiger partial charge is 0.444 e. The number of carbonyl (C=O) groups excluding carboxylic acids is 2. The van der Waals surface area contributed by atoms with Gasteiger partial charge in [0.15, 0.2) is 6.29 Å². The van der Waals surface area contributed by atoms with E-state index >= 15 is 0 Å². The molecule has 3 unspecified atom stereocenters. The van der Waals surface area contributed by atoms with Crippen molar-refractivity contribution in [3.05, 3.63) is 0 Å². The van der Waals surface area contributed by atoms with E-state index in [-0.39, 0.29) is 6.42 Å². The molecule has 1 saturated heterocycles. The molecule has 5 atom stereocenters. The summed E-state index contributed by atoms with van der Waals surface area (Å²) in [6.07, 6.45) is -4.80. The van der Waals surface area contributed by atoms with E-state index in [1.54, 1.807) is 20.8 Å². The molecule has 0 aromatic rings. The van der Waals surface area contributed by atoms with Crippen LogP contribution in [0.5, 0.6) is 0 Å². The van der Waals surface area contributed by atoms with Crippen LogP contribution in [0, 0.1) is 0 Å².